The monoisotopic (exact) mass is 507 g/mol. The quantitative estimate of drug-likeness (QED) is 0.497. The summed E-state index contributed by atoms with van der Waals surface area (Å²) in [5.74, 6) is 0.663. The fourth-order valence-corrected chi connectivity index (χ4v) is 5.60. The molecule has 2 amide bonds. The third kappa shape index (κ3) is 4.95. The summed E-state index contributed by atoms with van der Waals surface area (Å²) >= 11 is 0. The van der Waals surface area contributed by atoms with Gasteiger partial charge >= 0.3 is 0 Å². The molecule has 2 fully saturated rings. The van der Waals surface area contributed by atoms with E-state index in [1.807, 2.05) is 11.0 Å². The molecule has 2 aliphatic rings. The maximum absolute atomic E-state index is 13.4. The summed E-state index contributed by atoms with van der Waals surface area (Å²) in [6, 6.07) is 5.52. The summed E-state index contributed by atoms with van der Waals surface area (Å²) in [4.78, 5) is 36.8. The lowest BCUT2D eigenvalue weighted by molar-refractivity contribution is -0.138. The Morgan fingerprint density at radius 3 is 2.70 bits per heavy atom. The van der Waals surface area contributed by atoms with Crippen LogP contribution in [-0.4, -0.2) is 75.8 Å². The van der Waals surface area contributed by atoms with Gasteiger partial charge < -0.3 is 25.4 Å². The summed E-state index contributed by atoms with van der Waals surface area (Å²) in [5.41, 5.74) is 8.50. The fraction of sp³-hybridized carbons (Fsp3) is 0.500. The van der Waals surface area contributed by atoms with Gasteiger partial charge in [0.2, 0.25) is 11.8 Å². The number of ether oxygens (including phenoxy) is 2. The number of nitrogens with two attached hydrogens (primary N) is 1. The Kier molecular flexibility index (Phi) is 7.22. The lowest BCUT2D eigenvalue weighted by Crippen LogP contribution is -2.44. The van der Waals surface area contributed by atoms with Crippen molar-refractivity contribution in [2.45, 2.75) is 50.6 Å². The summed E-state index contributed by atoms with van der Waals surface area (Å²) in [6.07, 6.45) is 8.02. The van der Waals surface area contributed by atoms with Crippen molar-refractivity contribution in [1.29, 1.82) is 0 Å². The van der Waals surface area contributed by atoms with E-state index in [0.717, 1.165) is 50.6 Å². The standard InChI is InChI=1S/C26H33N7O4/c1-36-14-19-4-3-11-32(19)26(35)16-5-7-18(8-6-16)31-25(34)20-13-21(17-9-10-28-22(12-17)37-2)33-23(20)24(27)29-15-30-33/h9-10,12-13,15-16,18-19H,3-8,11,14H2,1-2H3,(H,31,34)(H2,27,29,30)/t16?,18?,19-/m1/s1. The van der Waals surface area contributed by atoms with E-state index >= 15 is 0 Å². The molecule has 11 heteroatoms. The molecule has 4 heterocycles. The highest BCUT2D eigenvalue weighted by Crippen LogP contribution is 2.31. The minimum Gasteiger partial charge on any atom is -0.481 e. The van der Waals surface area contributed by atoms with E-state index in [0.29, 0.717) is 29.3 Å². The lowest BCUT2D eigenvalue weighted by Gasteiger charge is -2.33. The zero-order chi connectivity index (χ0) is 25.9. The number of amides is 2. The van der Waals surface area contributed by atoms with E-state index in [1.54, 1.807) is 37.1 Å². The molecule has 0 radical (unpaired) electrons. The van der Waals surface area contributed by atoms with Gasteiger partial charge in [0.1, 0.15) is 11.8 Å². The van der Waals surface area contributed by atoms with Gasteiger partial charge in [-0.1, -0.05) is 0 Å². The van der Waals surface area contributed by atoms with Crippen LogP contribution in [0, 0.1) is 5.92 Å². The molecule has 196 valence electrons. The summed E-state index contributed by atoms with van der Waals surface area (Å²) in [6.45, 7) is 1.39. The van der Waals surface area contributed by atoms with Crippen LogP contribution in [0.4, 0.5) is 5.82 Å². The number of nitrogens with zero attached hydrogens (tertiary/aromatic N) is 5. The van der Waals surface area contributed by atoms with Gasteiger partial charge in [0, 0.05) is 43.4 Å². The van der Waals surface area contributed by atoms with E-state index in [1.165, 1.54) is 6.33 Å². The lowest BCUT2D eigenvalue weighted by atomic mass is 9.85. The Bertz CT molecular complexity index is 1290. The number of hydrogen-bond donors (Lipinski definition) is 2. The zero-order valence-corrected chi connectivity index (χ0v) is 21.2. The second kappa shape index (κ2) is 10.7. The van der Waals surface area contributed by atoms with Gasteiger partial charge in [0.15, 0.2) is 5.82 Å². The molecule has 1 saturated heterocycles. The molecule has 1 saturated carbocycles. The molecule has 3 N–H and O–H groups in total. The van der Waals surface area contributed by atoms with Gasteiger partial charge in [-0.2, -0.15) is 5.10 Å². The van der Waals surface area contributed by atoms with Crippen molar-refractivity contribution in [3.8, 4) is 17.1 Å². The van der Waals surface area contributed by atoms with Crippen LogP contribution in [0.25, 0.3) is 16.8 Å². The van der Waals surface area contributed by atoms with Crippen LogP contribution in [0.15, 0.2) is 30.7 Å². The van der Waals surface area contributed by atoms with Crippen molar-refractivity contribution in [1.82, 2.24) is 29.8 Å². The highest BCUT2D eigenvalue weighted by molar-refractivity contribution is 6.05. The number of nitrogen functional groups attached to an aromatic ring is 1. The number of hydrogen-bond acceptors (Lipinski definition) is 8. The highest BCUT2D eigenvalue weighted by Gasteiger charge is 2.35. The summed E-state index contributed by atoms with van der Waals surface area (Å²) in [5, 5.41) is 7.50. The van der Waals surface area contributed by atoms with Gasteiger partial charge in [-0.15, -0.1) is 0 Å². The van der Waals surface area contributed by atoms with Crippen molar-refractivity contribution < 1.29 is 19.1 Å². The molecular formula is C26H33N7O4. The molecule has 37 heavy (non-hydrogen) atoms. The number of carbonyl (C=O) groups is 2. The van der Waals surface area contributed by atoms with Crippen molar-refractivity contribution in [3.05, 3.63) is 36.3 Å². The predicted molar refractivity (Wildman–Crippen MR) is 137 cm³/mol. The normalized spacial score (nSPS) is 21.8. The number of rotatable bonds is 7. The number of carbonyl (C=O) groups excluding carboxylic acids is 2. The first-order valence-electron chi connectivity index (χ1n) is 12.7. The first kappa shape index (κ1) is 24.9. The Labute approximate surface area is 215 Å². The number of pyridine rings is 1. The van der Waals surface area contributed by atoms with Crippen LogP contribution in [-0.2, 0) is 9.53 Å². The minimum absolute atomic E-state index is 0.00163. The molecule has 3 aromatic rings. The average Bonchev–Trinajstić information content (AvgIpc) is 3.55. The molecule has 3 aromatic heterocycles. The molecule has 0 unspecified atom stereocenters. The van der Waals surface area contributed by atoms with Gasteiger partial charge in [0.25, 0.3) is 5.91 Å². The van der Waals surface area contributed by atoms with Crippen molar-refractivity contribution in [3.63, 3.8) is 0 Å². The van der Waals surface area contributed by atoms with Crippen molar-refractivity contribution >= 4 is 23.1 Å². The number of fused-ring (bicyclic) bond motifs is 1. The van der Waals surface area contributed by atoms with Crippen LogP contribution in [0.1, 0.15) is 48.9 Å². The van der Waals surface area contributed by atoms with E-state index in [2.05, 4.69) is 20.4 Å². The topological polar surface area (TPSA) is 137 Å². The molecule has 1 aliphatic carbocycles. The van der Waals surface area contributed by atoms with E-state index < -0.39 is 0 Å². The smallest absolute Gasteiger partial charge is 0.253 e. The van der Waals surface area contributed by atoms with Gasteiger partial charge in [-0.25, -0.2) is 14.5 Å². The Hall–Kier alpha value is -3.73. The maximum Gasteiger partial charge on any atom is 0.253 e. The zero-order valence-electron chi connectivity index (χ0n) is 21.2. The molecule has 11 nitrogen and oxygen atoms in total. The number of nitrogens with one attached hydrogen (secondary N) is 1. The number of methoxy groups -OCH3 is 2. The molecule has 0 bridgehead atoms. The fourth-order valence-electron chi connectivity index (χ4n) is 5.60. The first-order valence-corrected chi connectivity index (χ1v) is 12.7. The van der Waals surface area contributed by atoms with E-state index in [-0.39, 0.29) is 35.6 Å². The van der Waals surface area contributed by atoms with Crippen molar-refractivity contribution in [2.24, 2.45) is 5.92 Å². The van der Waals surface area contributed by atoms with Gasteiger partial charge in [0.05, 0.1) is 31.0 Å². The Morgan fingerprint density at radius 1 is 1.14 bits per heavy atom. The van der Waals surface area contributed by atoms with Crippen LogP contribution < -0.4 is 15.8 Å². The second-order valence-corrected chi connectivity index (χ2v) is 9.74. The average molecular weight is 508 g/mol. The third-order valence-electron chi connectivity index (χ3n) is 7.50. The molecular weight excluding hydrogens is 474 g/mol. The SMILES string of the molecule is COC[C@H]1CCCN1C(=O)C1CCC(NC(=O)c2cc(-c3ccnc(OC)c3)n3ncnc(N)c23)CC1. The van der Waals surface area contributed by atoms with Crippen molar-refractivity contribution in [2.75, 3.05) is 33.1 Å². The minimum atomic E-state index is -0.235. The molecule has 0 aromatic carbocycles. The van der Waals surface area contributed by atoms with E-state index in [9.17, 15) is 9.59 Å². The van der Waals surface area contributed by atoms with Gasteiger partial charge in [-0.3, -0.25) is 9.59 Å². The number of aromatic nitrogens is 4. The molecule has 0 spiro atoms. The molecule has 1 aliphatic heterocycles. The van der Waals surface area contributed by atoms with E-state index in [4.69, 9.17) is 15.2 Å². The van der Waals surface area contributed by atoms with Crippen LogP contribution in [0.5, 0.6) is 5.88 Å². The highest BCUT2D eigenvalue weighted by atomic mass is 16.5. The van der Waals surface area contributed by atoms with Crippen LogP contribution >= 0.6 is 0 Å². The maximum atomic E-state index is 13.4. The first-order chi connectivity index (χ1) is 18.0. The summed E-state index contributed by atoms with van der Waals surface area (Å²) in [7, 11) is 3.23. The van der Waals surface area contributed by atoms with Crippen LogP contribution in [0.2, 0.25) is 0 Å². The summed E-state index contributed by atoms with van der Waals surface area (Å²) < 4.78 is 12.2. The molecule has 1 atom stereocenters. The third-order valence-corrected chi connectivity index (χ3v) is 7.50. The number of anilines is 1. The Balaban J connectivity index is 1.29. The number of likely N-dealkylation sites (tertiary alicyclic amines) is 1. The molecule has 5 rings (SSSR count). The predicted octanol–water partition coefficient (Wildman–Crippen LogP) is 2.31. The van der Waals surface area contributed by atoms with Crippen LogP contribution in [0.3, 0.4) is 0 Å². The largest absolute Gasteiger partial charge is 0.481 e. The second-order valence-electron chi connectivity index (χ2n) is 9.74. The van der Waals surface area contributed by atoms with Gasteiger partial charge in [-0.05, 0) is 50.7 Å². The Morgan fingerprint density at radius 2 is 1.95 bits per heavy atom.